The fourth-order valence-electron chi connectivity index (χ4n) is 3.56. The van der Waals surface area contributed by atoms with Gasteiger partial charge in [0.05, 0.1) is 5.69 Å². The van der Waals surface area contributed by atoms with Crippen molar-refractivity contribution in [1.29, 1.82) is 0 Å². The van der Waals surface area contributed by atoms with Gasteiger partial charge >= 0.3 is 0 Å². The maximum Gasteiger partial charge on any atom is 0.187 e. The van der Waals surface area contributed by atoms with E-state index in [2.05, 4.69) is 20.3 Å². The van der Waals surface area contributed by atoms with Crippen molar-refractivity contribution in [3.05, 3.63) is 114 Å². The molecule has 5 rings (SSSR count). The Morgan fingerprint density at radius 3 is 1.83 bits per heavy atom. The van der Waals surface area contributed by atoms with E-state index in [1.807, 2.05) is 91.0 Å². The molecule has 5 aromatic rings. The van der Waals surface area contributed by atoms with Crippen molar-refractivity contribution in [2.24, 2.45) is 0 Å². The molecule has 0 saturated heterocycles. The molecule has 2 heterocycles. The molecular weight excluding hydrogens is 362 g/mol. The van der Waals surface area contributed by atoms with Gasteiger partial charge in [0.2, 0.25) is 0 Å². The largest absolute Gasteiger partial charge is 0.374 e. The highest BCUT2D eigenvalue weighted by Crippen LogP contribution is 2.37. The van der Waals surface area contributed by atoms with E-state index >= 15 is 0 Å². The van der Waals surface area contributed by atoms with Crippen molar-refractivity contribution in [3.8, 4) is 5.69 Å². The number of aliphatic hydroxyl groups is 1. The van der Waals surface area contributed by atoms with Crippen molar-refractivity contribution in [2.75, 3.05) is 0 Å². The molecule has 2 aromatic heterocycles. The topological polar surface area (TPSA) is 76.7 Å². The molecule has 0 amide bonds. The smallest absolute Gasteiger partial charge is 0.187 e. The highest BCUT2D eigenvalue weighted by Gasteiger charge is 2.38. The van der Waals surface area contributed by atoms with E-state index in [9.17, 15) is 5.11 Å². The zero-order valence-electron chi connectivity index (χ0n) is 15.4. The SMILES string of the molecule is OC(c1ccccc1)(c1ccccc1)c1ncnc2c1nnn2-c1ccccc1. The van der Waals surface area contributed by atoms with Gasteiger partial charge in [0, 0.05) is 0 Å². The molecule has 0 atom stereocenters. The van der Waals surface area contributed by atoms with Gasteiger partial charge in [-0.2, -0.15) is 4.68 Å². The predicted molar refractivity (Wildman–Crippen MR) is 109 cm³/mol. The molecular formula is C23H17N5O. The Bertz CT molecular complexity index is 1210. The summed E-state index contributed by atoms with van der Waals surface area (Å²) in [6.07, 6.45) is 1.44. The van der Waals surface area contributed by atoms with Crippen molar-refractivity contribution in [2.45, 2.75) is 5.60 Å². The van der Waals surface area contributed by atoms with Crippen molar-refractivity contribution < 1.29 is 5.11 Å². The van der Waals surface area contributed by atoms with Gasteiger partial charge < -0.3 is 5.11 Å². The molecule has 0 unspecified atom stereocenters. The van der Waals surface area contributed by atoms with Crippen LogP contribution in [-0.2, 0) is 5.60 Å². The average Bonchev–Trinajstić information content (AvgIpc) is 3.24. The van der Waals surface area contributed by atoms with E-state index in [1.54, 1.807) is 4.68 Å². The maximum absolute atomic E-state index is 12.0. The first-order chi connectivity index (χ1) is 14.3. The standard InChI is InChI=1S/C23H17N5O/c29-23(17-10-4-1-5-11-17,18-12-6-2-7-13-18)21-20-22(25-16-24-21)28(27-26-20)19-14-8-3-9-15-19/h1-16,29H. The quantitative estimate of drug-likeness (QED) is 0.517. The molecule has 0 saturated carbocycles. The third-order valence-corrected chi connectivity index (χ3v) is 4.96. The van der Waals surface area contributed by atoms with E-state index in [0.717, 1.165) is 5.69 Å². The zero-order valence-corrected chi connectivity index (χ0v) is 15.4. The maximum atomic E-state index is 12.0. The van der Waals surface area contributed by atoms with Crippen LogP contribution < -0.4 is 0 Å². The van der Waals surface area contributed by atoms with Crippen LogP contribution in [0.1, 0.15) is 16.8 Å². The summed E-state index contributed by atoms with van der Waals surface area (Å²) in [6.45, 7) is 0. The van der Waals surface area contributed by atoms with Crippen LogP contribution in [0.2, 0.25) is 0 Å². The molecule has 0 bridgehead atoms. The Morgan fingerprint density at radius 1 is 0.690 bits per heavy atom. The molecule has 3 aromatic carbocycles. The zero-order chi connectivity index (χ0) is 19.7. The summed E-state index contributed by atoms with van der Waals surface area (Å²) in [5, 5.41) is 20.7. The van der Waals surface area contributed by atoms with Crippen LogP contribution in [0.5, 0.6) is 0 Å². The first kappa shape index (κ1) is 17.2. The summed E-state index contributed by atoms with van der Waals surface area (Å²) in [5.41, 5.74) is 2.10. The van der Waals surface area contributed by atoms with Crippen LogP contribution in [0.15, 0.2) is 97.3 Å². The van der Waals surface area contributed by atoms with E-state index in [0.29, 0.717) is 28.0 Å². The number of hydrogen-bond donors (Lipinski definition) is 1. The number of para-hydroxylation sites is 1. The Morgan fingerprint density at radius 2 is 1.24 bits per heavy atom. The summed E-state index contributed by atoms with van der Waals surface area (Å²) in [4.78, 5) is 8.86. The average molecular weight is 379 g/mol. The van der Waals surface area contributed by atoms with Crippen molar-refractivity contribution in [3.63, 3.8) is 0 Å². The summed E-state index contributed by atoms with van der Waals surface area (Å²) in [7, 11) is 0. The molecule has 0 spiro atoms. The second-order valence-electron chi connectivity index (χ2n) is 6.67. The van der Waals surface area contributed by atoms with Gasteiger partial charge in [0.25, 0.3) is 0 Å². The lowest BCUT2D eigenvalue weighted by Crippen LogP contribution is -2.30. The number of fused-ring (bicyclic) bond motifs is 1. The Hall–Kier alpha value is -3.90. The molecule has 0 aliphatic heterocycles. The van der Waals surface area contributed by atoms with Crippen LogP contribution in [-0.4, -0.2) is 30.1 Å². The van der Waals surface area contributed by atoms with Crippen LogP contribution in [0.25, 0.3) is 16.9 Å². The third-order valence-electron chi connectivity index (χ3n) is 4.96. The lowest BCUT2D eigenvalue weighted by molar-refractivity contribution is 0.122. The van der Waals surface area contributed by atoms with Crippen LogP contribution in [0, 0.1) is 0 Å². The number of benzene rings is 3. The summed E-state index contributed by atoms with van der Waals surface area (Å²) in [5.74, 6) is 0. The van der Waals surface area contributed by atoms with Crippen molar-refractivity contribution in [1.82, 2.24) is 25.0 Å². The Kier molecular flexibility index (Phi) is 4.11. The van der Waals surface area contributed by atoms with Crippen LogP contribution >= 0.6 is 0 Å². The van der Waals surface area contributed by atoms with Gasteiger partial charge in [-0.25, -0.2) is 9.97 Å². The van der Waals surface area contributed by atoms with E-state index in [4.69, 9.17) is 0 Å². The number of rotatable bonds is 4. The van der Waals surface area contributed by atoms with Gasteiger partial charge in [-0.15, -0.1) is 5.10 Å². The lowest BCUT2D eigenvalue weighted by atomic mass is 9.83. The number of hydrogen-bond acceptors (Lipinski definition) is 5. The third kappa shape index (κ3) is 2.78. The molecule has 6 heteroatoms. The minimum absolute atomic E-state index is 0.391. The molecule has 1 N–H and O–H groups in total. The summed E-state index contributed by atoms with van der Waals surface area (Å²) in [6, 6.07) is 28.5. The van der Waals surface area contributed by atoms with Gasteiger partial charge in [0.1, 0.15) is 12.0 Å². The van der Waals surface area contributed by atoms with E-state index in [1.165, 1.54) is 6.33 Å². The van der Waals surface area contributed by atoms with Gasteiger partial charge in [0.15, 0.2) is 16.8 Å². The minimum Gasteiger partial charge on any atom is -0.374 e. The lowest BCUT2D eigenvalue weighted by Gasteiger charge is -2.28. The highest BCUT2D eigenvalue weighted by atomic mass is 16.3. The van der Waals surface area contributed by atoms with E-state index in [-0.39, 0.29) is 0 Å². The minimum atomic E-state index is -1.50. The summed E-state index contributed by atoms with van der Waals surface area (Å²) < 4.78 is 1.65. The molecule has 6 nitrogen and oxygen atoms in total. The molecule has 0 aliphatic rings. The van der Waals surface area contributed by atoms with Gasteiger partial charge in [-0.1, -0.05) is 84.1 Å². The molecule has 29 heavy (non-hydrogen) atoms. The van der Waals surface area contributed by atoms with Crippen LogP contribution in [0.4, 0.5) is 0 Å². The summed E-state index contributed by atoms with van der Waals surface area (Å²) >= 11 is 0. The second-order valence-corrected chi connectivity index (χ2v) is 6.67. The molecule has 0 aliphatic carbocycles. The molecule has 140 valence electrons. The predicted octanol–water partition coefficient (Wildman–Crippen LogP) is 3.49. The Balaban J connectivity index is 1.79. The van der Waals surface area contributed by atoms with Crippen LogP contribution in [0.3, 0.4) is 0 Å². The van der Waals surface area contributed by atoms with E-state index < -0.39 is 5.60 Å². The second kappa shape index (κ2) is 6.92. The number of aromatic nitrogens is 5. The first-order valence-electron chi connectivity index (χ1n) is 9.24. The number of nitrogens with zero attached hydrogens (tertiary/aromatic N) is 5. The van der Waals surface area contributed by atoms with Crippen molar-refractivity contribution >= 4 is 11.2 Å². The van der Waals surface area contributed by atoms with Gasteiger partial charge in [-0.3, -0.25) is 0 Å². The fraction of sp³-hybridized carbons (Fsp3) is 0.0435. The monoisotopic (exact) mass is 379 g/mol. The molecule has 0 fully saturated rings. The fourth-order valence-corrected chi connectivity index (χ4v) is 3.56. The first-order valence-corrected chi connectivity index (χ1v) is 9.24. The highest BCUT2D eigenvalue weighted by molar-refractivity contribution is 5.76. The molecule has 0 radical (unpaired) electrons. The van der Waals surface area contributed by atoms with Gasteiger partial charge in [-0.05, 0) is 23.3 Å². The normalized spacial score (nSPS) is 11.6. The Labute approximate surface area is 167 Å².